The number of pyridine rings is 2. The summed E-state index contributed by atoms with van der Waals surface area (Å²) in [6.45, 7) is 1.54. The van der Waals surface area contributed by atoms with E-state index >= 15 is 0 Å². The molecule has 1 saturated heterocycles. The molecule has 144 valence electrons. The van der Waals surface area contributed by atoms with Crippen LogP contribution in [0.3, 0.4) is 0 Å². The summed E-state index contributed by atoms with van der Waals surface area (Å²) in [6, 6.07) is 16.1. The van der Waals surface area contributed by atoms with Crippen LogP contribution in [0.4, 0.5) is 5.82 Å². The second-order valence-electron chi connectivity index (χ2n) is 6.79. The van der Waals surface area contributed by atoms with Gasteiger partial charge in [0.2, 0.25) is 0 Å². The Labute approximate surface area is 161 Å². The lowest BCUT2D eigenvalue weighted by atomic mass is 10.2. The van der Waals surface area contributed by atoms with Gasteiger partial charge in [-0.15, -0.1) is 0 Å². The Hall–Kier alpha value is -3.32. The normalized spacial score (nSPS) is 16.3. The highest BCUT2D eigenvalue weighted by molar-refractivity contribution is 5.44. The first-order valence-corrected chi connectivity index (χ1v) is 9.16. The number of H-pyrrole nitrogens is 1. The maximum Gasteiger partial charge on any atom is 0.273 e. The van der Waals surface area contributed by atoms with Crippen LogP contribution < -0.4 is 20.8 Å². The van der Waals surface area contributed by atoms with Gasteiger partial charge in [-0.3, -0.25) is 14.2 Å². The third-order valence-corrected chi connectivity index (χ3v) is 4.78. The van der Waals surface area contributed by atoms with E-state index in [1.54, 1.807) is 18.2 Å². The molecule has 0 bridgehead atoms. The lowest BCUT2D eigenvalue weighted by Crippen LogP contribution is -2.28. The molecule has 0 aliphatic carbocycles. The second kappa shape index (κ2) is 7.74. The van der Waals surface area contributed by atoms with Crippen molar-refractivity contribution in [2.24, 2.45) is 0 Å². The van der Waals surface area contributed by atoms with E-state index in [0.29, 0.717) is 37.7 Å². The molecule has 7 heteroatoms. The molecule has 4 rings (SSSR count). The summed E-state index contributed by atoms with van der Waals surface area (Å²) in [4.78, 5) is 29.7. The Morgan fingerprint density at radius 2 is 1.93 bits per heavy atom. The molecule has 3 aromatic rings. The molecule has 1 fully saturated rings. The van der Waals surface area contributed by atoms with Gasteiger partial charge in [-0.25, -0.2) is 0 Å². The molecule has 1 aliphatic heterocycles. The van der Waals surface area contributed by atoms with E-state index in [0.717, 1.165) is 5.56 Å². The maximum atomic E-state index is 12.5. The van der Waals surface area contributed by atoms with Crippen LogP contribution in [-0.2, 0) is 6.61 Å². The Balaban J connectivity index is 1.53. The molecule has 1 aliphatic rings. The lowest BCUT2D eigenvalue weighted by molar-refractivity contribution is 0.198. The van der Waals surface area contributed by atoms with Crippen molar-refractivity contribution in [3.63, 3.8) is 0 Å². The lowest BCUT2D eigenvalue weighted by Gasteiger charge is -2.17. The largest absolute Gasteiger partial charge is 0.489 e. The number of β-amino-alcohol motifs (C(OH)–C–C–N with tert-alkyl or cyclic N) is 1. The Bertz CT molecular complexity index is 1070. The SMILES string of the molecule is O=c1[nH]c(N2CC[C@H](O)C2)ccc1-n1ccc(OCc2ccccc2)cc1=O. The third kappa shape index (κ3) is 3.84. The van der Waals surface area contributed by atoms with E-state index in [-0.39, 0.29) is 22.9 Å². The summed E-state index contributed by atoms with van der Waals surface area (Å²) in [5, 5.41) is 9.65. The average Bonchev–Trinajstić information content (AvgIpc) is 3.14. The zero-order chi connectivity index (χ0) is 19.5. The van der Waals surface area contributed by atoms with Crippen LogP contribution in [-0.4, -0.2) is 33.9 Å². The summed E-state index contributed by atoms with van der Waals surface area (Å²) >= 11 is 0. The van der Waals surface area contributed by atoms with Gasteiger partial charge in [0.15, 0.2) is 0 Å². The Kier molecular flexibility index (Phi) is 4.99. The number of aliphatic hydroxyl groups is 1. The molecular weight excluding hydrogens is 358 g/mol. The number of ether oxygens (including phenoxy) is 1. The van der Waals surface area contributed by atoms with Crippen LogP contribution in [0.5, 0.6) is 5.75 Å². The van der Waals surface area contributed by atoms with Gasteiger partial charge in [0.05, 0.1) is 6.10 Å². The van der Waals surface area contributed by atoms with E-state index in [4.69, 9.17) is 4.74 Å². The van der Waals surface area contributed by atoms with Gasteiger partial charge < -0.3 is 19.7 Å². The zero-order valence-corrected chi connectivity index (χ0v) is 15.2. The molecule has 0 radical (unpaired) electrons. The summed E-state index contributed by atoms with van der Waals surface area (Å²) in [5.41, 5.74) is 0.535. The molecule has 2 aromatic heterocycles. The molecule has 0 amide bonds. The van der Waals surface area contributed by atoms with Gasteiger partial charge in [0, 0.05) is 25.4 Å². The highest BCUT2D eigenvalue weighted by Crippen LogP contribution is 2.17. The maximum absolute atomic E-state index is 12.5. The van der Waals surface area contributed by atoms with Crippen molar-refractivity contribution >= 4 is 5.82 Å². The van der Waals surface area contributed by atoms with Gasteiger partial charge >= 0.3 is 0 Å². The number of benzene rings is 1. The highest BCUT2D eigenvalue weighted by atomic mass is 16.5. The smallest absolute Gasteiger partial charge is 0.273 e. The number of aromatic amines is 1. The van der Waals surface area contributed by atoms with E-state index in [1.807, 2.05) is 35.2 Å². The molecule has 1 aromatic carbocycles. The molecule has 7 nitrogen and oxygen atoms in total. The van der Waals surface area contributed by atoms with Crippen LogP contribution in [0.15, 0.2) is 70.4 Å². The second-order valence-corrected chi connectivity index (χ2v) is 6.79. The fourth-order valence-electron chi connectivity index (χ4n) is 3.28. The molecule has 0 spiro atoms. The summed E-state index contributed by atoms with van der Waals surface area (Å²) in [7, 11) is 0. The van der Waals surface area contributed by atoms with Crippen molar-refractivity contribution in [2.45, 2.75) is 19.1 Å². The minimum Gasteiger partial charge on any atom is -0.489 e. The van der Waals surface area contributed by atoms with Crippen LogP contribution in [0, 0.1) is 0 Å². The number of nitrogens with zero attached hydrogens (tertiary/aromatic N) is 2. The van der Waals surface area contributed by atoms with Crippen molar-refractivity contribution in [1.82, 2.24) is 9.55 Å². The number of aromatic nitrogens is 2. The van der Waals surface area contributed by atoms with Gasteiger partial charge in [-0.05, 0) is 30.2 Å². The van der Waals surface area contributed by atoms with Crippen molar-refractivity contribution in [1.29, 1.82) is 0 Å². The third-order valence-electron chi connectivity index (χ3n) is 4.78. The van der Waals surface area contributed by atoms with Crippen LogP contribution >= 0.6 is 0 Å². The number of rotatable bonds is 5. The monoisotopic (exact) mass is 379 g/mol. The summed E-state index contributed by atoms with van der Waals surface area (Å²) < 4.78 is 6.95. The number of hydrogen-bond donors (Lipinski definition) is 2. The number of anilines is 1. The molecule has 0 unspecified atom stereocenters. The molecule has 3 heterocycles. The topological polar surface area (TPSA) is 87.6 Å². The number of nitrogens with one attached hydrogen (secondary N) is 1. The van der Waals surface area contributed by atoms with Crippen LogP contribution in [0.2, 0.25) is 0 Å². The van der Waals surface area contributed by atoms with Crippen molar-refractivity contribution in [3.05, 3.63) is 87.1 Å². The molecule has 28 heavy (non-hydrogen) atoms. The van der Waals surface area contributed by atoms with Gasteiger partial charge in [0.1, 0.15) is 23.9 Å². The number of aliphatic hydroxyl groups excluding tert-OH is 1. The van der Waals surface area contributed by atoms with Crippen molar-refractivity contribution in [2.75, 3.05) is 18.0 Å². The van der Waals surface area contributed by atoms with Crippen molar-refractivity contribution in [3.8, 4) is 11.4 Å². The van der Waals surface area contributed by atoms with Crippen LogP contribution in [0.25, 0.3) is 5.69 Å². The minimum absolute atomic E-state index is 0.239. The van der Waals surface area contributed by atoms with Crippen LogP contribution in [0.1, 0.15) is 12.0 Å². The quantitative estimate of drug-likeness (QED) is 0.704. The molecule has 1 atom stereocenters. The first kappa shape index (κ1) is 18.1. The number of hydrogen-bond acceptors (Lipinski definition) is 5. The Morgan fingerprint density at radius 1 is 1.11 bits per heavy atom. The molecule has 2 N–H and O–H groups in total. The predicted molar refractivity (Wildman–Crippen MR) is 106 cm³/mol. The molecular formula is C21H21N3O4. The minimum atomic E-state index is -0.380. The van der Waals surface area contributed by atoms with E-state index in [2.05, 4.69) is 4.98 Å². The standard InChI is InChI=1S/C21H21N3O4/c25-16-8-10-23(13-16)19-7-6-18(21(27)22-19)24-11-9-17(12-20(24)26)28-14-15-4-2-1-3-5-15/h1-7,9,11-12,16,25H,8,10,13-14H2,(H,22,27)/t16-/m0/s1. The molecule has 0 saturated carbocycles. The predicted octanol–water partition coefficient (Wildman–Crippen LogP) is 1.68. The van der Waals surface area contributed by atoms with E-state index in [1.165, 1.54) is 16.8 Å². The fourth-order valence-corrected chi connectivity index (χ4v) is 3.28. The highest BCUT2D eigenvalue weighted by Gasteiger charge is 2.21. The van der Waals surface area contributed by atoms with Crippen molar-refractivity contribution < 1.29 is 9.84 Å². The zero-order valence-electron chi connectivity index (χ0n) is 15.2. The first-order chi connectivity index (χ1) is 13.6. The Morgan fingerprint density at radius 3 is 2.61 bits per heavy atom. The van der Waals surface area contributed by atoms with Gasteiger partial charge in [-0.1, -0.05) is 30.3 Å². The first-order valence-electron chi connectivity index (χ1n) is 9.16. The fraction of sp³-hybridized carbons (Fsp3) is 0.238. The van der Waals surface area contributed by atoms with Gasteiger partial charge in [-0.2, -0.15) is 0 Å². The van der Waals surface area contributed by atoms with Gasteiger partial charge in [0.25, 0.3) is 11.1 Å². The van der Waals surface area contributed by atoms with E-state index in [9.17, 15) is 14.7 Å². The summed E-state index contributed by atoms with van der Waals surface area (Å²) in [6.07, 6.45) is 1.83. The average molecular weight is 379 g/mol. The van der Waals surface area contributed by atoms with E-state index < -0.39 is 0 Å². The summed E-state index contributed by atoms with van der Waals surface area (Å²) in [5.74, 6) is 1.09.